The highest BCUT2D eigenvalue weighted by molar-refractivity contribution is 5.78. The van der Waals surface area contributed by atoms with Crippen LogP contribution in [-0.2, 0) is 21.6 Å². The molecular formula is C15H17F3N4O4. The number of alkyl halides is 3. The monoisotopic (exact) mass is 374 g/mol. The number of hydrogen-bond donors (Lipinski definition) is 2. The van der Waals surface area contributed by atoms with Gasteiger partial charge in [0.25, 0.3) is 0 Å². The first-order valence-electron chi connectivity index (χ1n) is 7.43. The fourth-order valence-electron chi connectivity index (χ4n) is 2.33. The number of ether oxygens (including phenoxy) is 2. The minimum Gasteiger partial charge on any atom is -0.479 e. The Bertz CT molecular complexity index is 742. The number of carbonyl (C=O) groups is 1. The van der Waals surface area contributed by atoms with Crippen LogP contribution in [0.3, 0.4) is 0 Å². The molecule has 11 heteroatoms. The molecule has 0 bridgehead atoms. The average molecular weight is 374 g/mol. The van der Waals surface area contributed by atoms with Gasteiger partial charge >= 0.3 is 12.3 Å². The predicted molar refractivity (Wildman–Crippen MR) is 81.2 cm³/mol. The van der Waals surface area contributed by atoms with Gasteiger partial charge in [-0.2, -0.15) is 5.21 Å². The van der Waals surface area contributed by atoms with Crippen molar-refractivity contribution in [3.63, 3.8) is 0 Å². The molecule has 1 unspecified atom stereocenters. The second-order valence-corrected chi connectivity index (χ2v) is 6.45. The fraction of sp³-hybridized carbons (Fsp3) is 0.467. The number of carboxylic acid groups (broad SMARTS) is 1. The molecule has 0 fully saturated rings. The van der Waals surface area contributed by atoms with Gasteiger partial charge in [0.05, 0.1) is 5.60 Å². The molecule has 2 aromatic rings. The lowest BCUT2D eigenvalue weighted by atomic mass is 9.92. The van der Waals surface area contributed by atoms with Gasteiger partial charge in [-0.25, -0.2) is 4.79 Å². The molecular weight excluding hydrogens is 357 g/mol. The Kier molecular flexibility index (Phi) is 5.21. The van der Waals surface area contributed by atoms with Crippen LogP contribution < -0.4 is 4.74 Å². The van der Waals surface area contributed by atoms with Gasteiger partial charge in [0.2, 0.25) is 11.4 Å². The summed E-state index contributed by atoms with van der Waals surface area (Å²) >= 11 is 0. The normalized spacial score (nSPS) is 14.7. The Morgan fingerprint density at radius 2 is 1.81 bits per heavy atom. The molecule has 0 aliphatic carbocycles. The first-order chi connectivity index (χ1) is 11.9. The lowest BCUT2D eigenvalue weighted by Crippen LogP contribution is -2.47. The maximum absolute atomic E-state index is 12.2. The smallest absolute Gasteiger partial charge is 0.479 e. The van der Waals surface area contributed by atoms with Crippen molar-refractivity contribution in [3.8, 4) is 5.75 Å². The molecule has 0 aliphatic rings. The standard InChI is InChI=1S/C15H17F3N4O4/c1-13(2,3)26-14(12(23)24,11-19-21-22-20-11)8-9-4-6-10(7-5-9)25-15(16,17)18/h4-7H,8H2,1-3H3,(H,23,24)(H,19,20,21,22). The lowest BCUT2D eigenvalue weighted by molar-refractivity contribution is -0.274. The first kappa shape index (κ1) is 19.6. The van der Waals surface area contributed by atoms with E-state index in [1.165, 1.54) is 12.1 Å². The number of carboxylic acids is 1. The van der Waals surface area contributed by atoms with Crippen molar-refractivity contribution in [2.45, 2.75) is 44.8 Å². The van der Waals surface area contributed by atoms with Crippen molar-refractivity contribution in [2.24, 2.45) is 0 Å². The summed E-state index contributed by atoms with van der Waals surface area (Å²) in [5.41, 5.74) is -2.47. The zero-order valence-corrected chi connectivity index (χ0v) is 14.2. The van der Waals surface area contributed by atoms with Crippen LogP contribution in [0.5, 0.6) is 5.75 Å². The topological polar surface area (TPSA) is 110 Å². The number of halogens is 3. The van der Waals surface area contributed by atoms with Gasteiger partial charge in [0, 0.05) is 6.42 Å². The SMILES string of the molecule is CC(C)(C)OC(Cc1ccc(OC(F)(F)F)cc1)(C(=O)O)c1nn[nH]n1. The van der Waals surface area contributed by atoms with Crippen molar-refractivity contribution in [2.75, 3.05) is 0 Å². The van der Waals surface area contributed by atoms with E-state index >= 15 is 0 Å². The van der Waals surface area contributed by atoms with E-state index < -0.39 is 29.3 Å². The predicted octanol–water partition coefficient (Wildman–Crippen LogP) is 2.44. The number of aliphatic carboxylic acids is 1. The highest BCUT2D eigenvalue weighted by atomic mass is 19.4. The van der Waals surface area contributed by atoms with Crippen LogP contribution in [0.1, 0.15) is 32.2 Å². The van der Waals surface area contributed by atoms with E-state index in [0.29, 0.717) is 5.56 Å². The van der Waals surface area contributed by atoms with Gasteiger partial charge in [-0.15, -0.1) is 23.4 Å². The highest BCUT2D eigenvalue weighted by Gasteiger charge is 2.48. The summed E-state index contributed by atoms with van der Waals surface area (Å²) in [5.74, 6) is -1.97. The number of aromatic nitrogens is 4. The Balaban J connectivity index is 2.36. The van der Waals surface area contributed by atoms with Crippen LogP contribution in [-0.4, -0.2) is 43.7 Å². The number of hydrogen-bond acceptors (Lipinski definition) is 6. The second kappa shape index (κ2) is 6.90. The van der Waals surface area contributed by atoms with Gasteiger partial charge in [-0.3, -0.25) is 0 Å². The summed E-state index contributed by atoms with van der Waals surface area (Å²) in [4.78, 5) is 12.0. The molecule has 0 saturated carbocycles. The average Bonchev–Trinajstić information content (AvgIpc) is 3.00. The molecule has 0 spiro atoms. The molecule has 2 rings (SSSR count). The van der Waals surface area contributed by atoms with Gasteiger partial charge in [-0.05, 0) is 38.5 Å². The third kappa shape index (κ3) is 4.91. The van der Waals surface area contributed by atoms with E-state index in [2.05, 4.69) is 25.4 Å². The van der Waals surface area contributed by atoms with Crippen molar-refractivity contribution < 1.29 is 32.5 Å². The van der Waals surface area contributed by atoms with E-state index in [1.54, 1.807) is 20.8 Å². The molecule has 0 aliphatic heterocycles. The molecule has 142 valence electrons. The molecule has 2 N–H and O–H groups in total. The largest absolute Gasteiger partial charge is 0.573 e. The third-order valence-electron chi connectivity index (χ3n) is 3.14. The van der Waals surface area contributed by atoms with Crippen LogP contribution in [0.2, 0.25) is 0 Å². The van der Waals surface area contributed by atoms with Crippen LogP contribution in [0.15, 0.2) is 24.3 Å². The van der Waals surface area contributed by atoms with Gasteiger partial charge < -0.3 is 14.6 Å². The van der Waals surface area contributed by atoms with Crippen molar-refractivity contribution >= 4 is 5.97 Å². The fourth-order valence-corrected chi connectivity index (χ4v) is 2.33. The van der Waals surface area contributed by atoms with Crippen LogP contribution in [0.4, 0.5) is 13.2 Å². The van der Waals surface area contributed by atoms with E-state index in [9.17, 15) is 23.1 Å². The quantitative estimate of drug-likeness (QED) is 0.799. The summed E-state index contributed by atoms with van der Waals surface area (Å²) < 4.78 is 46.3. The Hall–Kier alpha value is -2.69. The minimum absolute atomic E-state index is 0.199. The van der Waals surface area contributed by atoms with Gasteiger partial charge in [0.1, 0.15) is 5.75 Å². The zero-order chi connectivity index (χ0) is 19.6. The number of benzene rings is 1. The molecule has 1 aromatic heterocycles. The summed E-state index contributed by atoms with van der Waals surface area (Å²) in [6.45, 7) is 4.97. The molecule has 1 heterocycles. The van der Waals surface area contributed by atoms with E-state index in [0.717, 1.165) is 12.1 Å². The third-order valence-corrected chi connectivity index (χ3v) is 3.14. The summed E-state index contributed by atoms with van der Waals surface area (Å²) in [7, 11) is 0. The summed E-state index contributed by atoms with van der Waals surface area (Å²) in [6.07, 6.45) is -5.04. The molecule has 0 amide bonds. The van der Waals surface area contributed by atoms with Crippen molar-refractivity contribution in [1.82, 2.24) is 20.6 Å². The van der Waals surface area contributed by atoms with Crippen LogP contribution in [0, 0.1) is 0 Å². The maximum Gasteiger partial charge on any atom is 0.573 e. The maximum atomic E-state index is 12.2. The molecule has 1 atom stereocenters. The molecule has 26 heavy (non-hydrogen) atoms. The number of H-pyrrole nitrogens is 1. The number of tetrazole rings is 1. The van der Waals surface area contributed by atoms with E-state index in [-0.39, 0.29) is 12.2 Å². The Labute approximate surface area is 146 Å². The van der Waals surface area contributed by atoms with Crippen molar-refractivity contribution in [1.29, 1.82) is 0 Å². The zero-order valence-electron chi connectivity index (χ0n) is 14.2. The Morgan fingerprint density at radius 3 is 2.23 bits per heavy atom. The molecule has 1 aromatic carbocycles. The Morgan fingerprint density at radius 1 is 1.19 bits per heavy atom. The number of rotatable bonds is 6. The summed E-state index contributed by atoms with van der Waals surface area (Å²) in [5, 5.41) is 22.8. The number of nitrogens with zero attached hydrogens (tertiary/aromatic N) is 3. The number of aromatic amines is 1. The van der Waals surface area contributed by atoms with E-state index in [4.69, 9.17) is 4.74 Å². The molecule has 0 radical (unpaired) electrons. The molecule has 0 saturated heterocycles. The van der Waals surface area contributed by atoms with Crippen LogP contribution in [0.25, 0.3) is 0 Å². The number of nitrogens with one attached hydrogen (secondary N) is 1. The van der Waals surface area contributed by atoms with E-state index in [1.807, 2.05) is 0 Å². The molecule has 8 nitrogen and oxygen atoms in total. The lowest BCUT2D eigenvalue weighted by Gasteiger charge is -2.34. The van der Waals surface area contributed by atoms with Crippen LogP contribution >= 0.6 is 0 Å². The summed E-state index contributed by atoms with van der Waals surface area (Å²) in [6, 6.07) is 4.79. The highest BCUT2D eigenvalue weighted by Crippen LogP contribution is 2.33. The minimum atomic E-state index is -4.81. The van der Waals surface area contributed by atoms with Gasteiger partial charge in [-0.1, -0.05) is 17.3 Å². The van der Waals surface area contributed by atoms with Gasteiger partial charge in [0.15, 0.2) is 0 Å². The first-order valence-corrected chi connectivity index (χ1v) is 7.43. The second-order valence-electron chi connectivity index (χ2n) is 6.45. The van der Waals surface area contributed by atoms with Crippen molar-refractivity contribution in [3.05, 3.63) is 35.7 Å².